The van der Waals surface area contributed by atoms with E-state index in [1.54, 1.807) is 0 Å². The van der Waals surface area contributed by atoms with E-state index in [-0.39, 0.29) is 11.5 Å². The Balaban J connectivity index is 2.83. The Kier molecular flexibility index (Phi) is 4.67. The van der Waals surface area contributed by atoms with Crippen molar-refractivity contribution in [1.29, 1.82) is 0 Å². The maximum Gasteiger partial charge on any atom is 0.347 e. The quantitative estimate of drug-likeness (QED) is 0.765. The Labute approximate surface area is 92.1 Å². The maximum atomic E-state index is 10.9. The first-order valence-electron chi connectivity index (χ1n) is 4.60. The molecule has 0 saturated heterocycles. The molecule has 0 saturated carbocycles. The van der Waals surface area contributed by atoms with Crippen molar-refractivity contribution in [3.05, 3.63) is 15.6 Å². The van der Waals surface area contributed by atoms with Crippen LogP contribution in [0.4, 0.5) is 0 Å². The number of carboxylic acids is 1. The molecule has 6 heteroatoms. The summed E-state index contributed by atoms with van der Waals surface area (Å²) in [6.45, 7) is 3.67. The van der Waals surface area contributed by atoms with Crippen LogP contribution in [0.5, 0.6) is 0 Å². The number of aromatic carboxylic acids is 1. The van der Waals surface area contributed by atoms with Crippen LogP contribution in [0.2, 0.25) is 0 Å². The summed E-state index contributed by atoms with van der Waals surface area (Å²) < 4.78 is 4.90. The smallest absolute Gasteiger partial charge is 0.347 e. The molecule has 5 nitrogen and oxygen atoms in total. The van der Waals surface area contributed by atoms with Gasteiger partial charge in [0, 0.05) is 13.7 Å². The molecular formula is C9H14N2O3S. The summed E-state index contributed by atoms with van der Waals surface area (Å²) in [4.78, 5) is 15.4. The van der Waals surface area contributed by atoms with Crippen molar-refractivity contribution in [2.75, 3.05) is 13.7 Å². The van der Waals surface area contributed by atoms with Crippen molar-refractivity contribution in [2.45, 2.75) is 20.1 Å². The number of carboxylic acid groups (broad SMARTS) is 1. The lowest BCUT2D eigenvalue weighted by atomic mass is 10.4. The summed E-state index contributed by atoms with van der Waals surface area (Å²) in [5.41, 5.74) is 0.503. The van der Waals surface area contributed by atoms with E-state index in [0.29, 0.717) is 12.2 Å². The number of ether oxygens (including phenoxy) is 1. The SMILES string of the molecule is CCNCc1nc(COC)c(C(=O)O)s1. The predicted molar refractivity (Wildman–Crippen MR) is 57.2 cm³/mol. The highest BCUT2D eigenvalue weighted by Crippen LogP contribution is 2.19. The number of thiazole rings is 1. The molecule has 0 unspecified atom stereocenters. The van der Waals surface area contributed by atoms with Gasteiger partial charge in [0.15, 0.2) is 0 Å². The molecule has 15 heavy (non-hydrogen) atoms. The Morgan fingerprint density at radius 3 is 2.93 bits per heavy atom. The number of rotatable bonds is 6. The Bertz CT molecular complexity index is 338. The van der Waals surface area contributed by atoms with Crippen molar-refractivity contribution in [1.82, 2.24) is 10.3 Å². The van der Waals surface area contributed by atoms with Gasteiger partial charge in [-0.15, -0.1) is 11.3 Å². The number of methoxy groups -OCH3 is 1. The second-order valence-electron chi connectivity index (χ2n) is 2.90. The van der Waals surface area contributed by atoms with E-state index in [4.69, 9.17) is 9.84 Å². The number of hydrogen-bond acceptors (Lipinski definition) is 5. The molecule has 1 aromatic rings. The molecule has 2 N–H and O–H groups in total. The van der Waals surface area contributed by atoms with Crippen molar-refractivity contribution >= 4 is 17.3 Å². The van der Waals surface area contributed by atoms with Crippen LogP contribution >= 0.6 is 11.3 Å². The summed E-state index contributed by atoms with van der Waals surface area (Å²) in [6.07, 6.45) is 0. The summed E-state index contributed by atoms with van der Waals surface area (Å²) in [5, 5.41) is 12.8. The highest BCUT2D eigenvalue weighted by Gasteiger charge is 2.16. The molecule has 0 aromatic carbocycles. The van der Waals surface area contributed by atoms with Gasteiger partial charge in [0.2, 0.25) is 0 Å². The molecule has 0 atom stereocenters. The maximum absolute atomic E-state index is 10.9. The van der Waals surface area contributed by atoms with Gasteiger partial charge in [-0.3, -0.25) is 0 Å². The summed E-state index contributed by atoms with van der Waals surface area (Å²) in [7, 11) is 1.52. The lowest BCUT2D eigenvalue weighted by molar-refractivity contribution is 0.0697. The third-order valence-corrected chi connectivity index (χ3v) is 2.83. The highest BCUT2D eigenvalue weighted by molar-refractivity contribution is 7.13. The Morgan fingerprint density at radius 1 is 1.67 bits per heavy atom. The van der Waals surface area contributed by atoms with Gasteiger partial charge in [0.05, 0.1) is 12.3 Å². The topological polar surface area (TPSA) is 71.5 Å². The monoisotopic (exact) mass is 230 g/mol. The van der Waals surface area contributed by atoms with Gasteiger partial charge >= 0.3 is 5.97 Å². The van der Waals surface area contributed by atoms with Crippen LogP contribution in [0.25, 0.3) is 0 Å². The molecule has 0 aliphatic heterocycles. The van der Waals surface area contributed by atoms with Crippen LogP contribution in [0.1, 0.15) is 27.3 Å². The number of carbonyl (C=O) groups is 1. The fraction of sp³-hybridized carbons (Fsp3) is 0.556. The van der Waals surface area contributed by atoms with Crippen molar-refractivity contribution in [3.8, 4) is 0 Å². The molecule has 1 rings (SSSR count). The lowest BCUT2D eigenvalue weighted by Crippen LogP contribution is -2.11. The average molecular weight is 230 g/mol. The van der Waals surface area contributed by atoms with Gasteiger partial charge in [0.25, 0.3) is 0 Å². The molecule has 0 aliphatic rings. The van der Waals surface area contributed by atoms with E-state index < -0.39 is 5.97 Å². The van der Waals surface area contributed by atoms with Crippen LogP contribution in [-0.4, -0.2) is 29.7 Å². The van der Waals surface area contributed by atoms with Crippen molar-refractivity contribution in [3.63, 3.8) is 0 Å². The average Bonchev–Trinajstić information content (AvgIpc) is 2.59. The molecule has 0 fully saturated rings. The minimum absolute atomic E-state index is 0.240. The zero-order valence-corrected chi connectivity index (χ0v) is 9.56. The van der Waals surface area contributed by atoms with Gasteiger partial charge in [0.1, 0.15) is 9.88 Å². The minimum atomic E-state index is -0.942. The van der Waals surface area contributed by atoms with Crippen LogP contribution < -0.4 is 5.32 Å². The number of aromatic nitrogens is 1. The van der Waals surface area contributed by atoms with Gasteiger partial charge in [-0.05, 0) is 6.54 Å². The third-order valence-electron chi connectivity index (χ3n) is 1.74. The summed E-state index contributed by atoms with van der Waals surface area (Å²) >= 11 is 1.19. The molecule has 0 radical (unpaired) electrons. The van der Waals surface area contributed by atoms with Gasteiger partial charge < -0.3 is 15.2 Å². The van der Waals surface area contributed by atoms with Crippen LogP contribution in [-0.2, 0) is 17.9 Å². The number of hydrogen-bond donors (Lipinski definition) is 2. The second kappa shape index (κ2) is 5.79. The summed E-state index contributed by atoms with van der Waals surface area (Å²) in [5.74, 6) is -0.942. The second-order valence-corrected chi connectivity index (χ2v) is 3.99. The highest BCUT2D eigenvalue weighted by atomic mass is 32.1. The zero-order chi connectivity index (χ0) is 11.3. The molecular weight excluding hydrogens is 216 g/mol. The minimum Gasteiger partial charge on any atom is -0.477 e. The first-order valence-corrected chi connectivity index (χ1v) is 5.42. The molecule has 84 valence electrons. The van der Waals surface area contributed by atoms with E-state index in [9.17, 15) is 4.79 Å². The van der Waals surface area contributed by atoms with E-state index in [2.05, 4.69) is 10.3 Å². The third kappa shape index (κ3) is 3.26. The van der Waals surface area contributed by atoms with Gasteiger partial charge in [-0.25, -0.2) is 9.78 Å². The zero-order valence-electron chi connectivity index (χ0n) is 8.74. The fourth-order valence-corrected chi connectivity index (χ4v) is 1.99. The molecule has 1 heterocycles. The fourth-order valence-electron chi connectivity index (χ4n) is 1.11. The van der Waals surface area contributed by atoms with E-state index in [1.807, 2.05) is 6.92 Å². The first-order chi connectivity index (χ1) is 7.19. The van der Waals surface area contributed by atoms with Crippen molar-refractivity contribution in [2.24, 2.45) is 0 Å². The molecule has 0 aliphatic carbocycles. The Hall–Kier alpha value is -0.980. The van der Waals surface area contributed by atoms with E-state index in [0.717, 1.165) is 11.6 Å². The predicted octanol–water partition coefficient (Wildman–Crippen LogP) is 1.10. The van der Waals surface area contributed by atoms with Crippen LogP contribution in [0.3, 0.4) is 0 Å². The first kappa shape index (κ1) is 12.1. The summed E-state index contributed by atoms with van der Waals surface area (Å²) in [6, 6.07) is 0. The van der Waals surface area contributed by atoms with Crippen molar-refractivity contribution < 1.29 is 14.6 Å². The van der Waals surface area contributed by atoms with E-state index in [1.165, 1.54) is 18.4 Å². The van der Waals surface area contributed by atoms with E-state index >= 15 is 0 Å². The number of nitrogens with one attached hydrogen (secondary N) is 1. The van der Waals surface area contributed by atoms with Gasteiger partial charge in [-0.1, -0.05) is 6.92 Å². The standard InChI is InChI=1S/C9H14N2O3S/c1-3-10-4-7-11-6(5-14-2)8(15-7)9(12)13/h10H,3-5H2,1-2H3,(H,12,13). The number of nitrogens with zero attached hydrogens (tertiary/aromatic N) is 1. The molecule has 1 aromatic heterocycles. The van der Waals surface area contributed by atoms with Crippen LogP contribution in [0, 0.1) is 0 Å². The van der Waals surface area contributed by atoms with Crippen LogP contribution in [0.15, 0.2) is 0 Å². The van der Waals surface area contributed by atoms with Gasteiger partial charge in [-0.2, -0.15) is 0 Å². The lowest BCUT2D eigenvalue weighted by Gasteiger charge is -1.95. The molecule has 0 bridgehead atoms. The largest absolute Gasteiger partial charge is 0.477 e. The molecule has 0 spiro atoms. The normalized spacial score (nSPS) is 10.5. The molecule has 0 amide bonds. The Morgan fingerprint density at radius 2 is 2.40 bits per heavy atom.